The van der Waals surface area contributed by atoms with Gasteiger partial charge in [0, 0.05) is 19.4 Å². The van der Waals surface area contributed by atoms with Crippen molar-refractivity contribution in [1.29, 1.82) is 0 Å². The minimum absolute atomic E-state index is 0.145. The third-order valence-corrected chi connectivity index (χ3v) is 3.47. The number of carbonyl (C=O) groups excluding carboxylic acids is 1. The lowest BCUT2D eigenvalue weighted by Gasteiger charge is -2.21. The fraction of sp³-hybridized carbons (Fsp3) is 0.375. The van der Waals surface area contributed by atoms with Crippen molar-refractivity contribution in [2.75, 3.05) is 0 Å². The van der Waals surface area contributed by atoms with Crippen molar-refractivity contribution in [2.45, 2.75) is 31.8 Å². The normalized spacial score (nSPS) is 13.7. The molecule has 1 aromatic heterocycles. The Balaban J connectivity index is 2.26. The average Bonchev–Trinajstić information content (AvgIpc) is 2.91. The Morgan fingerprint density at radius 1 is 1.38 bits per heavy atom. The summed E-state index contributed by atoms with van der Waals surface area (Å²) in [4.78, 5) is 16.6. The predicted molar refractivity (Wildman–Crippen MR) is 82.5 cm³/mol. The third-order valence-electron chi connectivity index (χ3n) is 3.47. The van der Waals surface area contributed by atoms with E-state index in [1.165, 1.54) is 0 Å². The number of nitrogens with one attached hydrogen (secondary N) is 1. The summed E-state index contributed by atoms with van der Waals surface area (Å²) in [6.45, 7) is 2.01. The van der Waals surface area contributed by atoms with Crippen molar-refractivity contribution in [3.05, 3.63) is 54.1 Å². The number of hydrogen-bond acceptors (Lipinski definition) is 3. The van der Waals surface area contributed by atoms with Crippen molar-refractivity contribution < 1.29 is 4.79 Å². The van der Waals surface area contributed by atoms with Gasteiger partial charge in [-0.2, -0.15) is 0 Å². The van der Waals surface area contributed by atoms with Gasteiger partial charge in [0.1, 0.15) is 11.9 Å². The fourth-order valence-corrected chi connectivity index (χ4v) is 2.29. The summed E-state index contributed by atoms with van der Waals surface area (Å²) >= 11 is 0. The number of amides is 1. The molecule has 0 aliphatic rings. The van der Waals surface area contributed by atoms with Crippen LogP contribution in [0.4, 0.5) is 0 Å². The second-order valence-corrected chi connectivity index (χ2v) is 5.14. The van der Waals surface area contributed by atoms with E-state index < -0.39 is 6.04 Å². The van der Waals surface area contributed by atoms with Gasteiger partial charge in [-0.05, 0) is 12.0 Å². The molecule has 1 aromatic carbocycles. The first-order valence-corrected chi connectivity index (χ1v) is 7.21. The number of hydrogen-bond donors (Lipinski definition) is 2. The van der Waals surface area contributed by atoms with Gasteiger partial charge in [0.25, 0.3) is 0 Å². The van der Waals surface area contributed by atoms with E-state index in [4.69, 9.17) is 5.73 Å². The first-order valence-electron chi connectivity index (χ1n) is 7.21. The number of nitrogens with zero attached hydrogens (tertiary/aromatic N) is 2. The van der Waals surface area contributed by atoms with Crippen molar-refractivity contribution >= 4 is 5.91 Å². The Labute approximate surface area is 125 Å². The van der Waals surface area contributed by atoms with Crippen LogP contribution in [0, 0.1) is 0 Å². The summed E-state index contributed by atoms with van der Waals surface area (Å²) in [6, 6.07) is 9.02. The van der Waals surface area contributed by atoms with Gasteiger partial charge >= 0.3 is 0 Å². The summed E-state index contributed by atoms with van der Waals surface area (Å²) in [5, 5.41) is 3.01. The minimum Gasteiger partial charge on any atom is -0.341 e. The van der Waals surface area contributed by atoms with Crippen LogP contribution in [-0.4, -0.2) is 21.5 Å². The van der Waals surface area contributed by atoms with E-state index in [0.717, 1.165) is 17.8 Å². The third kappa shape index (κ3) is 3.70. The van der Waals surface area contributed by atoms with E-state index in [1.807, 2.05) is 55.1 Å². The molecule has 5 heteroatoms. The molecule has 0 saturated carbocycles. The minimum atomic E-state index is -0.485. The topological polar surface area (TPSA) is 72.9 Å². The van der Waals surface area contributed by atoms with Crippen molar-refractivity contribution in [1.82, 2.24) is 14.9 Å². The molecule has 2 aromatic rings. The Hall–Kier alpha value is -2.14. The number of rotatable bonds is 6. The molecular weight excluding hydrogens is 264 g/mol. The molecule has 0 aliphatic heterocycles. The average molecular weight is 286 g/mol. The molecular formula is C16H22N4O. The first-order chi connectivity index (χ1) is 10.1. The molecule has 5 nitrogen and oxygen atoms in total. The number of benzene rings is 1. The summed E-state index contributed by atoms with van der Waals surface area (Å²) < 4.78 is 1.91. The molecule has 2 atom stereocenters. The lowest BCUT2D eigenvalue weighted by atomic mass is 10.0. The lowest BCUT2D eigenvalue weighted by molar-refractivity contribution is -0.123. The second kappa shape index (κ2) is 7.04. The molecule has 3 N–H and O–H groups in total. The van der Waals surface area contributed by atoms with Gasteiger partial charge in [0.05, 0.1) is 6.04 Å². The highest BCUT2D eigenvalue weighted by Gasteiger charge is 2.23. The second-order valence-electron chi connectivity index (χ2n) is 5.14. The smallest absolute Gasteiger partial charge is 0.237 e. The van der Waals surface area contributed by atoms with Crippen LogP contribution >= 0.6 is 0 Å². The van der Waals surface area contributed by atoms with E-state index in [2.05, 4.69) is 10.3 Å². The molecule has 0 bridgehead atoms. The Morgan fingerprint density at radius 2 is 2.10 bits per heavy atom. The van der Waals surface area contributed by atoms with Crippen LogP contribution in [0.25, 0.3) is 0 Å². The van der Waals surface area contributed by atoms with Crippen LogP contribution in [0.3, 0.4) is 0 Å². The maximum atomic E-state index is 12.3. The SMILES string of the molecule is CCC[C@H](N)C(=O)NC(c1ccccc1)c1nccn1C. The van der Waals surface area contributed by atoms with Crippen LogP contribution < -0.4 is 11.1 Å². The van der Waals surface area contributed by atoms with E-state index in [0.29, 0.717) is 6.42 Å². The number of carbonyl (C=O) groups is 1. The zero-order valence-electron chi connectivity index (χ0n) is 12.5. The van der Waals surface area contributed by atoms with Crippen LogP contribution in [-0.2, 0) is 11.8 Å². The van der Waals surface area contributed by atoms with Crippen LogP contribution in [0.2, 0.25) is 0 Å². The Morgan fingerprint density at radius 3 is 2.67 bits per heavy atom. The maximum absolute atomic E-state index is 12.3. The highest BCUT2D eigenvalue weighted by Crippen LogP contribution is 2.20. The van der Waals surface area contributed by atoms with Crippen LogP contribution in [0.15, 0.2) is 42.7 Å². The van der Waals surface area contributed by atoms with Gasteiger partial charge in [0.15, 0.2) is 0 Å². The van der Waals surface area contributed by atoms with E-state index in [9.17, 15) is 4.79 Å². The molecule has 0 aliphatic carbocycles. The maximum Gasteiger partial charge on any atom is 0.237 e. The van der Waals surface area contributed by atoms with Crippen LogP contribution in [0.5, 0.6) is 0 Å². The Kier molecular flexibility index (Phi) is 5.11. The molecule has 0 spiro atoms. The van der Waals surface area contributed by atoms with Gasteiger partial charge < -0.3 is 15.6 Å². The summed E-state index contributed by atoms with van der Waals surface area (Å²) in [5.41, 5.74) is 6.90. The van der Waals surface area contributed by atoms with Gasteiger partial charge in [0.2, 0.25) is 5.91 Å². The molecule has 2 rings (SSSR count). The molecule has 1 heterocycles. The molecule has 0 fully saturated rings. The molecule has 112 valence electrons. The molecule has 21 heavy (non-hydrogen) atoms. The summed E-state index contributed by atoms with van der Waals surface area (Å²) in [5.74, 6) is 0.645. The fourth-order valence-electron chi connectivity index (χ4n) is 2.29. The first kappa shape index (κ1) is 15.3. The van der Waals surface area contributed by atoms with Crippen molar-refractivity contribution in [3.8, 4) is 0 Å². The molecule has 0 radical (unpaired) electrons. The molecule has 1 amide bonds. The van der Waals surface area contributed by atoms with E-state index in [1.54, 1.807) is 6.20 Å². The quantitative estimate of drug-likeness (QED) is 0.849. The largest absolute Gasteiger partial charge is 0.341 e. The van der Waals surface area contributed by atoms with Gasteiger partial charge in [-0.1, -0.05) is 43.7 Å². The van der Waals surface area contributed by atoms with Crippen molar-refractivity contribution in [2.24, 2.45) is 12.8 Å². The van der Waals surface area contributed by atoms with Gasteiger partial charge in [-0.15, -0.1) is 0 Å². The summed E-state index contributed by atoms with van der Waals surface area (Å²) in [7, 11) is 1.91. The molecule has 0 saturated heterocycles. The zero-order chi connectivity index (χ0) is 15.2. The van der Waals surface area contributed by atoms with Crippen molar-refractivity contribution in [3.63, 3.8) is 0 Å². The standard InChI is InChI=1S/C16H22N4O/c1-3-7-13(17)16(21)19-14(12-8-5-4-6-9-12)15-18-10-11-20(15)2/h4-6,8-11,13-14H,3,7,17H2,1-2H3,(H,19,21)/t13-,14?/m0/s1. The summed E-state index contributed by atoms with van der Waals surface area (Å²) in [6.07, 6.45) is 5.15. The Bertz CT molecular complexity index is 579. The number of imidazole rings is 1. The molecule has 1 unspecified atom stereocenters. The van der Waals surface area contributed by atoms with E-state index >= 15 is 0 Å². The zero-order valence-corrected chi connectivity index (χ0v) is 12.5. The highest BCUT2D eigenvalue weighted by atomic mass is 16.2. The van der Waals surface area contributed by atoms with E-state index in [-0.39, 0.29) is 11.9 Å². The number of aromatic nitrogens is 2. The number of aryl methyl sites for hydroxylation is 1. The van der Waals surface area contributed by atoms with Gasteiger partial charge in [-0.25, -0.2) is 4.98 Å². The monoisotopic (exact) mass is 286 g/mol. The number of nitrogens with two attached hydrogens (primary N) is 1. The highest BCUT2D eigenvalue weighted by molar-refractivity contribution is 5.82. The lowest BCUT2D eigenvalue weighted by Crippen LogP contribution is -2.43. The predicted octanol–water partition coefficient (Wildman–Crippen LogP) is 1.75. The van der Waals surface area contributed by atoms with Gasteiger partial charge in [-0.3, -0.25) is 4.79 Å². The van der Waals surface area contributed by atoms with Crippen LogP contribution in [0.1, 0.15) is 37.2 Å².